The van der Waals surface area contributed by atoms with Crippen LogP contribution in [0.15, 0.2) is 278 Å². The molecule has 23 nitrogen and oxygen atoms in total. The molecule has 0 spiro atoms. The lowest BCUT2D eigenvalue weighted by Crippen LogP contribution is -2.34. The fourth-order valence-corrected chi connectivity index (χ4v) is 13.9. The second-order valence-electron chi connectivity index (χ2n) is 39.7. The van der Waals surface area contributed by atoms with E-state index in [2.05, 4.69) is 308 Å². The van der Waals surface area contributed by atoms with Crippen LogP contribution in [0.5, 0.6) is 0 Å². The Kier molecular flexibility index (Phi) is 31.9. The first-order valence-corrected chi connectivity index (χ1v) is 43.6. The molecule has 129 heavy (non-hydrogen) atoms. The first kappa shape index (κ1) is 99.2. The van der Waals surface area contributed by atoms with Gasteiger partial charge in [0.15, 0.2) is 11.9 Å². The summed E-state index contributed by atoms with van der Waals surface area (Å²) in [7, 11) is 0. The number of nitrogens with one attached hydrogen (secondary N) is 4. The fraction of sp³-hybridized carbons (Fsp3) is 0.349. The topological polar surface area (TPSA) is 266 Å². The number of ketones is 1. The van der Waals surface area contributed by atoms with Gasteiger partial charge in [-0.2, -0.15) is 20.2 Å². The molecule has 4 N–H and O–H groups in total. The van der Waals surface area contributed by atoms with Crippen LogP contribution in [0.4, 0.5) is 41.9 Å². The van der Waals surface area contributed by atoms with E-state index in [9.17, 15) is 33.6 Å². The van der Waals surface area contributed by atoms with E-state index in [0.717, 1.165) is 79.9 Å². The smallest absolute Gasteiger partial charge is 0.342 e. The molecule has 23 heteroatoms. The summed E-state index contributed by atoms with van der Waals surface area (Å²) in [6.07, 6.45) is 13.5. The number of anilines is 4. The average molecular weight is 1740 g/mol. The van der Waals surface area contributed by atoms with Crippen LogP contribution >= 0.6 is 0 Å². The van der Waals surface area contributed by atoms with E-state index >= 15 is 0 Å². The number of carbonyl (C=O) groups is 7. The predicted octanol–water partition coefficient (Wildman–Crippen LogP) is 22.1. The molecule has 1 fully saturated rings. The third kappa shape index (κ3) is 27.5. The molecular formula is C106H130N16O7. The van der Waals surface area contributed by atoms with E-state index in [1.54, 1.807) is 50.4 Å². The van der Waals surface area contributed by atoms with Gasteiger partial charge in [-0.25, -0.2) is 38.5 Å². The van der Waals surface area contributed by atoms with Crippen molar-refractivity contribution < 1.29 is 33.6 Å². The molecule has 0 saturated carbocycles. The molecule has 6 aliphatic heterocycles. The van der Waals surface area contributed by atoms with E-state index in [-0.39, 0.29) is 92.3 Å². The van der Waals surface area contributed by atoms with Gasteiger partial charge in [-0.05, 0) is 161 Å². The van der Waals surface area contributed by atoms with Crippen LogP contribution in [-0.2, 0) is 52.3 Å². The molecular weight excluding hydrogens is 1610 g/mol. The van der Waals surface area contributed by atoms with Crippen molar-refractivity contribution in [3.63, 3.8) is 0 Å². The minimum Gasteiger partial charge on any atom is -0.342 e. The first-order chi connectivity index (χ1) is 60.3. The molecule has 1 saturated heterocycles. The van der Waals surface area contributed by atoms with Gasteiger partial charge in [0.05, 0.1) is 37.6 Å². The second-order valence-corrected chi connectivity index (χ2v) is 39.7. The van der Waals surface area contributed by atoms with Gasteiger partial charge < -0.3 is 21.3 Å². The minimum atomic E-state index is -0.367. The molecule has 7 aromatic carbocycles. The molecule has 8 heterocycles. The van der Waals surface area contributed by atoms with Gasteiger partial charge in [-0.1, -0.05) is 306 Å². The third-order valence-electron chi connectivity index (χ3n) is 22.1. The number of hydrogen-bond donors (Lipinski definition) is 4. The van der Waals surface area contributed by atoms with Crippen molar-refractivity contribution in [1.82, 2.24) is 45.8 Å². The Hall–Kier alpha value is -13.6. The minimum absolute atomic E-state index is 0.0604. The van der Waals surface area contributed by atoms with E-state index in [1.165, 1.54) is 50.8 Å². The Balaban J connectivity index is 0.000000170. The average Bonchev–Trinajstić information content (AvgIpc) is 1.78. The van der Waals surface area contributed by atoms with Gasteiger partial charge in [0.25, 0.3) is 11.8 Å². The molecule has 1 atom stereocenters. The zero-order valence-corrected chi connectivity index (χ0v) is 79.7. The summed E-state index contributed by atoms with van der Waals surface area (Å²) < 4.78 is 3.68. The van der Waals surface area contributed by atoms with E-state index in [4.69, 9.17) is 0 Å². The molecule has 676 valence electrons. The van der Waals surface area contributed by atoms with Gasteiger partial charge in [0.2, 0.25) is 0 Å². The van der Waals surface area contributed by atoms with Gasteiger partial charge in [0, 0.05) is 77.2 Å². The number of urea groups is 4. The number of benzene rings is 7. The quantitative estimate of drug-likeness (QED) is 0.0893. The maximum atomic E-state index is 11.8. The summed E-state index contributed by atoms with van der Waals surface area (Å²) in [5.74, 6) is 0.156. The van der Waals surface area contributed by atoms with E-state index in [0.29, 0.717) is 37.6 Å². The molecule has 0 aliphatic carbocycles. The van der Waals surface area contributed by atoms with E-state index in [1.807, 2.05) is 115 Å². The maximum Gasteiger partial charge on any atom is 0.348 e. The number of aromatic nitrogens is 5. The number of aliphatic imine (C=N–C) groups is 3. The number of nitrogens with zero attached hydrogens (tertiary/aromatic N) is 12. The Morgan fingerprint density at radius 2 is 0.845 bits per heavy atom. The standard InChI is InChI=1S/C16H19N5.C16H19NO.C15H18N2O2.C15H18N2O.C15H20N2O.C15H18N2O.C14H18N2O/c1-16(2,3)14-7-5-13(6-8-14)15(20-10-4-9-18-20)21-12-17-11-19-21;1-11-5-10-14(15(18)17-11)12-6-8-13(9-7-12)16(2,3)4;1-10(18)13-9-17(14(19)16-13)12-7-5-11(6-8-12)15(2,3)4;1-10-16-13(9-14(18)17-10)11-5-7-12(8-6-11)15(2,3)4;2*1-5-12-10-17(14(18)16-12)13-8-6-11(7-9-13)15(2,3)4;1-10-9-16(13(17)15-10)12-7-5-11(6-8-12)14(2,3)4/h4-12,15H,1-3H3;6-10H,1,5H2,2-4H3,(H,17,18);5-8H,9H2,1-4H3;5-9,16H,1H2,2-4H3,(H,17,18);6-9H,5,10H2,1-4H3;5-9H,1,10H2,2-4H3;5-8H,1,9H2,2-4H3,(H,15,17). The predicted molar refractivity (Wildman–Crippen MR) is 527 cm³/mol. The van der Waals surface area contributed by atoms with Crippen LogP contribution < -0.4 is 40.9 Å². The lowest BCUT2D eigenvalue weighted by atomic mass is 9.86. The molecule has 9 aromatic rings. The van der Waals surface area contributed by atoms with Crippen molar-refractivity contribution in [2.24, 2.45) is 15.0 Å². The second kappa shape index (κ2) is 41.5. The van der Waals surface area contributed by atoms with Crippen molar-refractivity contribution in [1.29, 1.82) is 0 Å². The lowest BCUT2D eigenvalue weighted by Gasteiger charge is -2.22. The number of carbonyl (C=O) groups excluding carboxylic acids is 7. The monoisotopic (exact) mass is 1740 g/mol. The summed E-state index contributed by atoms with van der Waals surface area (Å²) in [6.45, 7) is 66.0. The van der Waals surface area contributed by atoms with E-state index < -0.39 is 0 Å². The number of Topliss-reactive ketones (excluding diaryl/α,β-unsaturated/α-hetero) is 1. The number of rotatable bonds is 12. The van der Waals surface area contributed by atoms with Crippen molar-refractivity contribution in [3.8, 4) is 0 Å². The van der Waals surface area contributed by atoms with Crippen LogP contribution in [0, 0.1) is 0 Å². The zero-order valence-electron chi connectivity index (χ0n) is 79.7. The van der Waals surface area contributed by atoms with Gasteiger partial charge in [-0.15, -0.1) is 0 Å². The highest BCUT2D eigenvalue weighted by molar-refractivity contribution is 6.44. The molecule has 6 aliphatic rings. The zero-order chi connectivity index (χ0) is 95.1. The Morgan fingerprint density at radius 1 is 0.442 bits per heavy atom. The normalized spacial score (nSPS) is 15.6. The number of allylic oxidation sites excluding steroid dienone is 1. The molecule has 10 amide bonds. The molecule has 2 aromatic heterocycles. The third-order valence-corrected chi connectivity index (χ3v) is 22.1. The summed E-state index contributed by atoms with van der Waals surface area (Å²) in [5, 5.41) is 19.7. The summed E-state index contributed by atoms with van der Waals surface area (Å²) in [6, 6.07) is 58.3. The molecule has 0 bridgehead atoms. The summed E-state index contributed by atoms with van der Waals surface area (Å²) in [5.41, 5.74) is 21.3. The lowest BCUT2D eigenvalue weighted by molar-refractivity contribution is -0.116. The summed E-state index contributed by atoms with van der Waals surface area (Å²) >= 11 is 0. The number of amides is 10. The highest BCUT2D eigenvalue weighted by Gasteiger charge is 2.31. The van der Waals surface area contributed by atoms with Crippen LogP contribution in [0.25, 0.3) is 11.3 Å². The van der Waals surface area contributed by atoms with Gasteiger partial charge >= 0.3 is 24.1 Å². The Morgan fingerprint density at radius 3 is 1.19 bits per heavy atom. The highest BCUT2D eigenvalue weighted by atomic mass is 16.2. The van der Waals surface area contributed by atoms with Gasteiger partial charge in [0.1, 0.15) is 24.2 Å². The summed E-state index contributed by atoms with van der Waals surface area (Å²) in [4.78, 5) is 104. The largest absolute Gasteiger partial charge is 0.348 e. The van der Waals surface area contributed by atoms with Crippen molar-refractivity contribution in [2.75, 3.05) is 45.8 Å². The molecule has 0 radical (unpaired) electrons. The SMILES string of the molecule is C=C1CC=C(c2ccc(C(C)(C)C)cc2)C(=O)N1.C=C1CN(c2ccc(C(C)(C)C)cc2)C(=O)N1.C=C1NC(=O)C=C(c2ccc(C(C)(C)C)cc2)N1.C=CC1=NC(=O)N(c2ccc(C(C)(C)C)cc2)C1.CC(=O)C1=NC(=O)N(c2ccc(C(C)(C)C)cc2)C1.CC(C)(C)c1ccc(C(n2cccn2)n2cncn2)cc1.CCC1=NC(=O)N(c2ccc(C(C)(C)C)cc2)C1. The van der Waals surface area contributed by atoms with Crippen LogP contribution in [0.1, 0.15) is 234 Å². The Labute approximate surface area is 763 Å². The van der Waals surface area contributed by atoms with Crippen LogP contribution in [0.3, 0.4) is 0 Å². The van der Waals surface area contributed by atoms with Crippen molar-refractivity contribution >= 4 is 92.9 Å². The fourth-order valence-electron chi connectivity index (χ4n) is 13.9. The highest BCUT2D eigenvalue weighted by Crippen LogP contribution is 2.34. The van der Waals surface area contributed by atoms with Crippen LogP contribution in [0.2, 0.25) is 0 Å². The van der Waals surface area contributed by atoms with Crippen molar-refractivity contribution in [2.45, 2.75) is 216 Å². The number of hydrogen-bond acceptors (Lipinski definition) is 11. The van der Waals surface area contributed by atoms with Crippen molar-refractivity contribution in [3.05, 3.63) is 318 Å². The first-order valence-electron chi connectivity index (χ1n) is 43.6. The maximum absolute atomic E-state index is 11.8. The van der Waals surface area contributed by atoms with Crippen LogP contribution in [-0.4, -0.2) is 110 Å². The van der Waals surface area contributed by atoms with Gasteiger partial charge in [-0.3, -0.25) is 34.0 Å². The molecule has 15 rings (SSSR count). The Bertz CT molecular complexity index is 5650. The molecule has 1 unspecified atom stereocenters.